The van der Waals surface area contributed by atoms with E-state index < -0.39 is 11.9 Å². The van der Waals surface area contributed by atoms with E-state index in [-0.39, 0.29) is 6.61 Å². The van der Waals surface area contributed by atoms with Crippen LogP contribution in [-0.4, -0.2) is 32.7 Å². The van der Waals surface area contributed by atoms with Crippen molar-refractivity contribution in [2.75, 3.05) is 26.1 Å². The van der Waals surface area contributed by atoms with Crippen LogP contribution in [0.2, 0.25) is 0 Å². The van der Waals surface area contributed by atoms with Crippen LogP contribution >= 0.6 is 0 Å². The van der Waals surface area contributed by atoms with Crippen molar-refractivity contribution in [3.8, 4) is 11.5 Å². The van der Waals surface area contributed by atoms with Crippen LogP contribution in [0.15, 0.2) is 66.7 Å². The van der Waals surface area contributed by atoms with E-state index in [1.54, 1.807) is 37.5 Å². The van der Waals surface area contributed by atoms with E-state index in [1.165, 1.54) is 13.2 Å². The third kappa shape index (κ3) is 5.13. The molecule has 0 aliphatic heterocycles. The largest absolute Gasteiger partial charge is 0.497 e. The lowest BCUT2D eigenvalue weighted by molar-refractivity contribution is -0.142. The van der Waals surface area contributed by atoms with Crippen LogP contribution in [0.3, 0.4) is 0 Å². The van der Waals surface area contributed by atoms with E-state index >= 15 is 0 Å². The van der Waals surface area contributed by atoms with Crippen LogP contribution in [0.1, 0.15) is 5.56 Å². The predicted octanol–water partition coefficient (Wildman–Crippen LogP) is 4.05. The monoisotopic (exact) mass is 391 g/mol. The predicted molar refractivity (Wildman–Crippen MR) is 112 cm³/mol. The third-order valence-corrected chi connectivity index (χ3v) is 4.25. The summed E-state index contributed by atoms with van der Waals surface area (Å²) in [4.78, 5) is 24.1. The van der Waals surface area contributed by atoms with Gasteiger partial charge in [-0.3, -0.25) is 4.79 Å². The molecular formula is C23H21NO5. The van der Waals surface area contributed by atoms with Crippen LogP contribution in [0.4, 0.5) is 5.69 Å². The standard InChI is InChI=1S/C23H21NO5/c1-27-18-12-10-17(21(14-18)28-2)11-13-23(26)29-15-22(25)24-20-9-5-7-16-6-3-4-8-19(16)20/h3-14H,15H2,1-2H3,(H,24,25)/b13-11+. The Hall–Kier alpha value is -3.80. The summed E-state index contributed by atoms with van der Waals surface area (Å²) < 4.78 is 15.4. The number of rotatable bonds is 7. The molecule has 0 aliphatic carbocycles. The zero-order valence-corrected chi connectivity index (χ0v) is 16.2. The Labute approximate surface area is 168 Å². The summed E-state index contributed by atoms with van der Waals surface area (Å²) in [6, 6.07) is 18.6. The summed E-state index contributed by atoms with van der Waals surface area (Å²) in [5.74, 6) is 0.162. The quantitative estimate of drug-likeness (QED) is 0.486. The first-order valence-electron chi connectivity index (χ1n) is 8.95. The third-order valence-electron chi connectivity index (χ3n) is 4.25. The van der Waals surface area contributed by atoms with Gasteiger partial charge in [0.1, 0.15) is 11.5 Å². The van der Waals surface area contributed by atoms with Gasteiger partial charge in [-0.25, -0.2) is 4.79 Å². The average Bonchev–Trinajstić information content (AvgIpc) is 2.76. The van der Waals surface area contributed by atoms with E-state index in [1.807, 2.05) is 36.4 Å². The molecule has 0 unspecified atom stereocenters. The number of nitrogens with one attached hydrogen (secondary N) is 1. The van der Waals surface area contributed by atoms with Gasteiger partial charge in [0, 0.05) is 28.8 Å². The van der Waals surface area contributed by atoms with Crippen molar-refractivity contribution in [1.82, 2.24) is 0 Å². The van der Waals surface area contributed by atoms with E-state index in [2.05, 4.69) is 5.32 Å². The first-order valence-corrected chi connectivity index (χ1v) is 8.95. The topological polar surface area (TPSA) is 73.9 Å². The Balaban J connectivity index is 1.58. The maximum atomic E-state index is 12.2. The van der Waals surface area contributed by atoms with Crippen molar-refractivity contribution in [3.05, 3.63) is 72.3 Å². The second-order valence-electron chi connectivity index (χ2n) is 6.12. The molecule has 148 valence electrons. The molecule has 0 fully saturated rings. The number of anilines is 1. The highest BCUT2D eigenvalue weighted by atomic mass is 16.5. The van der Waals surface area contributed by atoms with Crippen LogP contribution in [0, 0.1) is 0 Å². The summed E-state index contributed by atoms with van der Waals surface area (Å²) in [5.41, 5.74) is 1.35. The molecule has 6 heteroatoms. The molecule has 3 rings (SSSR count). The normalized spacial score (nSPS) is 10.7. The lowest BCUT2D eigenvalue weighted by Crippen LogP contribution is -2.20. The number of amides is 1. The van der Waals surface area contributed by atoms with Crippen molar-refractivity contribution in [2.45, 2.75) is 0 Å². The van der Waals surface area contributed by atoms with Crippen molar-refractivity contribution in [2.24, 2.45) is 0 Å². The summed E-state index contributed by atoms with van der Waals surface area (Å²) in [5, 5.41) is 4.70. The summed E-state index contributed by atoms with van der Waals surface area (Å²) >= 11 is 0. The number of carbonyl (C=O) groups excluding carboxylic acids is 2. The molecule has 0 bridgehead atoms. The molecule has 0 aliphatic rings. The summed E-state index contributed by atoms with van der Waals surface area (Å²) in [6.07, 6.45) is 2.80. The minimum atomic E-state index is -0.629. The highest BCUT2D eigenvalue weighted by molar-refractivity contribution is 6.03. The fourth-order valence-corrected chi connectivity index (χ4v) is 2.82. The molecule has 0 aromatic heterocycles. The molecule has 0 atom stereocenters. The first kappa shape index (κ1) is 19.9. The van der Waals surface area contributed by atoms with E-state index in [4.69, 9.17) is 14.2 Å². The van der Waals surface area contributed by atoms with Crippen LogP contribution in [0.5, 0.6) is 11.5 Å². The molecule has 3 aromatic rings. The van der Waals surface area contributed by atoms with Crippen molar-refractivity contribution in [1.29, 1.82) is 0 Å². The molecule has 0 saturated carbocycles. The molecule has 0 heterocycles. The second-order valence-corrected chi connectivity index (χ2v) is 6.12. The molecule has 6 nitrogen and oxygen atoms in total. The zero-order chi connectivity index (χ0) is 20.6. The van der Waals surface area contributed by atoms with E-state index in [9.17, 15) is 9.59 Å². The molecular weight excluding hydrogens is 370 g/mol. The first-order chi connectivity index (χ1) is 14.1. The molecule has 29 heavy (non-hydrogen) atoms. The number of benzene rings is 3. The van der Waals surface area contributed by atoms with Crippen LogP contribution in [0.25, 0.3) is 16.8 Å². The highest BCUT2D eigenvalue weighted by Crippen LogP contribution is 2.25. The number of methoxy groups -OCH3 is 2. The molecule has 0 radical (unpaired) electrons. The number of hydrogen-bond donors (Lipinski definition) is 1. The Morgan fingerprint density at radius 2 is 1.76 bits per heavy atom. The summed E-state index contributed by atoms with van der Waals surface area (Å²) in [7, 11) is 3.09. The fourth-order valence-electron chi connectivity index (χ4n) is 2.82. The Morgan fingerprint density at radius 1 is 0.966 bits per heavy atom. The lowest BCUT2D eigenvalue weighted by atomic mass is 10.1. The maximum absolute atomic E-state index is 12.2. The minimum absolute atomic E-state index is 0.383. The number of carbonyl (C=O) groups is 2. The Kier molecular flexibility index (Phi) is 6.47. The SMILES string of the molecule is COc1ccc(/C=C/C(=O)OCC(=O)Nc2cccc3ccccc23)c(OC)c1. The fraction of sp³-hybridized carbons (Fsp3) is 0.130. The number of esters is 1. The van der Waals surface area contributed by atoms with Gasteiger partial charge in [-0.1, -0.05) is 36.4 Å². The van der Waals surface area contributed by atoms with Gasteiger partial charge in [0.05, 0.1) is 14.2 Å². The van der Waals surface area contributed by atoms with Gasteiger partial charge in [-0.15, -0.1) is 0 Å². The van der Waals surface area contributed by atoms with Gasteiger partial charge in [0.25, 0.3) is 5.91 Å². The van der Waals surface area contributed by atoms with Gasteiger partial charge in [-0.2, -0.15) is 0 Å². The Morgan fingerprint density at radius 3 is 2.55 bits per heavy atom. The van der Waals surface area contributed by atoms with Gasteiger partial charge in [0.15, 0.2) is 6.61 Å². The zero-order valence-electron chi connectivity index (χ0n) is 16.2. The molecule has 1 amide bonds. The number of hydrogen-bond acceptors (Lipinski definition) is 5. The average molecular weight is 391 g/mol. The maximum Gasteiger partial charge on any atom is 0.331 e. The van der Waals surface area contributed by atoms with Crippen LogP contribution in [-0.2, 0) is 14.3 Å². The molecule has 0 spiro atoms. The van der Waals surface area contributed by atoms with E-state index in [0.717, 1.165) is 10.8 Å². The highest BCUT2D eigenvalue weighted by Gasteiger charge is 2.08. The van der Waals surface area contributed by atoms with Gasteiger partial charge < -0.3 is 19.5 Å². The molecule has 0 saturated heterocycles. The lowest BCUT2D eigenvalue weighted by Gasteiger charge is -2.09. The van der Waals surface area contributed by atoms with Gasteiger partial charge in [0.2, 0.25) is 0 Å². The van der Waals surface area contributed by atoms with E-state index in [0.29, 0.717) is 22.7 Å². The van der Waals surface area contributed by atoms with Crippen molar-refractivity contribution >= 4 is 34.4 Å². The van der Waals surface area contributed by atoms with Crippen molar-refractivity contribution < 1.29 is 23.8 Å². The smallest absolute Gasteiger partial charge is 0.331 e. The number of ether oxygens (including phenoxy) is 3. The van der Waals surface area contributed by atoms with Gasteiger partial charge in [-0.05, 0) is 29.7 Å². The second kappa shape index (κ2) is 9.41. The Bertz CT molecular complexity index is 1050. The molecule has 3 aromatic carbocycles. The van der Waals surface area contributed by atoms with Crippen LogP contribution < -0.4 is 14.8 Å². The summed E-state index contributed by atoms with van der Waals surface area (Å²) in [6.45, 7) is -0.383. The molecule has 1 N–H and O–H groups in total. The van der Waals surface area contributed by atoms with Crippen molar-refractivity contribution in [3.63, 3.8) is 0 Å². The van der Waals surface area contributed by atoms with Gasteiger partial charge >= 0.3 is 5.97 Å². The number of fused-ring (bicyclic) bond motifs is 1. The minimum Gasteiger partial charge on any atom is -0.497 e.